The third kappa shape index (κ3) is 4.72. The van der Waals surface area contributed by atoms with E-state index in [0.29, 0.717) is 6.42 Å². The molecule has 1 amide bonds. The van der Waals surface area contributed by atoms with Crippen molar-refractivity contribution in [2.24, 2.45) is 0 Å². The molecule has 2 atom stereocenters. The van der Waals surface area contributed by atoms with Crippen LogP contribution in [-0.4, -0.2) is 27.3 Å². The molecule has 3 N–H and O–H groups in total. The summed E-state index contributed by atoms with van der Waals surface area (Å²) in [5.74, 6) is -0.0886. The van der Waals surface area contributed by atoms with Crippen molar-refractivity contribution in [3.8, 4) is 0 Å². The lowest BCUT2D eigenvalue weighted by molar-refractivity contribution is -0.121. The Labute approximate surface area is 124 Å². The number of H-pyrrole nitrogens is 1. The van der Waals surface area contributed by atoms with E-state index in [-0.39, 0.29) is 18.4 Å². The van der Waals surface area contributed by atoms with Crippen molar-refractivity contribution in [3.63, 3.8) is 0 Å². The van der Waals surface area contributed by atoms with E-state index in [2.05, 4.69) is 15.5 Å². The van der Waals surface area contributed by atoms with Crippen LogP contribution in [0.4, 0.5) is 0 Å². The molecule has 1 aromatic carbocycles. The van der Waals surface area contributed by atoms with E-state index in [1.165, 1.54) is 0 Å². The molecular formula is C16H21N3O2. The van der Waals surface area contributed by atoms with Crippen LogP contribution < -0.4 is 5.32 Å². The number of aromatic nitrogens is 2. The number of benzene rings is 1. The number of hydrogen-bond donors (Lipinski definition) is 3. The fourth-order valence-corrected chi connectivity index (χ4v) is 2.26. The molecule has 21 heavy (non-hydrogen) atoms. The number of rotatable bonds is 6. The van der Waals surface area contributed by atoms with E-state index < -0.39 is 6.10 Å². The van der Waals surface area contributed by atoms with Crippen LogP contribution in [-0.2, 0) is 11.2 Å². The summed E-state index contributed by atoms with van der Waals surface area (Å²) in [5.41, 5.74) is 2.52. The number of nitrogens with one attached hydrogen (secondary N) is 2. The first-order chi connectivity index (χ1) is 10.0. The summed E-state index contributed by atoms with van der Waals surface area (Å²) in [5, 5.41) is 19.9. The Bertz CT molecular complexity index is 580. The quantitative estimate of drug-likeness (QED) is 0.759. The molecule has 0 saturated heterocycles. The van der Waals surface area contributed by atoms with E-state index in [0.717, 1.165) is 17.0 Å². The van der Waals surface area contributed by atoms with E-state index in [1.54, 1.807) is 0 Å². The predicted octanol–water partition coefficient (Wildman–Crippen LogP) is 1.89. The Balaban J connectivity index is 1.81. The minimum atomic E-state index is -0.575. The van der Waals surface area contributed by atoms with Gasteiger partial charge in [-0.25, -0.2) is 0 Å². The lowest BCUT2D eigenvalue weighted by Gasteiger charge is -2.18. The highest BCUT2D eigenvalue weighted by Crippen LogP contribution is 2.17. The second kappa shape index (κ2) is 7.04. The van der Waals surface area contributed by atoms with Gasteiger partial charge in [0.05, 0.1) is 18.2 Å². The Morgan fingerprint density at radius 3 is 2.71 bits per heavy atom. The van der Waals surface area contributed by atoms with Crippen LogP contribution in [0.5, 0.6) is 0 Å². The Morgan fingerprint density at radius 2 is 2.10 bits per heavy atom. The Morgan fingerprint density at radius 1 is 1.38 bits per heavy atom. The SMILES string of the molecule is Cc1cc(CC(=O)NC(C)CC(O)c2ccccc2)n[nH]1. The third-order valence-electron chi connectivity index (χ3n) is 3.27. The molecule has 2 unspecified atom stereocenters. The first-order valence-corrected chi connectivity index (χ1v) is 7.08. The van der Waals surface area contributed by atoms with Gasteiger partial charge in [-0.3, -0.25) is 9.89 Å². The van der Waals surface area contributed by atoms with Gasteiger partial charge in [-0.2, -0.15) is 5.10 Å². The summed E-state index contributed by atoms with van der Waals surface area (Å²) in [7, 11) is 0. The third-order valence-corrected chi connectivity index (χ3v) is 3.27. The number of aromatic amines is 1. The normalized spacial score (nSPS) is 13.7. The van der Waals surface area contributed by atoms with Crippen molar-refractivity contribution >= 4 is 5.91 Å². The molecule has 112 valence electrons. The molecule has 2 rings (SSSR count). The molecule has 0 bridgehead atoms. The van der Waals surface area contributed by atoms with Crippen LogP contribution in [0.1, 0.15) is 36.4 Å². The standard InChI is InChI=1S/C16H21N3O2/c1-11(9-15(20)13-6-4-3-5-7-13)17-16(21)10-14-8-12(2)18-19-14/h3-8,11,15,20H,9-10H2,1-2H3,(H,17,21)(H,18,19). The van der Waals surface area contributed by atoms with Crippen molar-refractivity contribution in [1.29, 1.82) is 0 Å². The molecule has 0 radical (unpaired) electrons. The predicted molar refractivity (Wildman–Crippen MR) is 80.7 cm³/mol. The number of carbonyl (C=O) groups is 1. The zero-order valence-electron chi connectivity index (χ0n) is 12.3. The van der Waals surface area contributed by atoms with Gasteiger partial charge in [-0.15, -0.1) is 0 Å². The molecule has 0 aliphatic heterocycles. The molecule has 5 heteroatoms. The van der Waals surface area contributed by atoms with Gasteiger partial charge in [0.25, 0.3) is 0 Å². The lowest BCUT2D eigenvalue weighted by atomic mass is 10.0. The minimum Gasteiger partial charge on any atom is -0.388 e. The molecule has 5 nitrogen and oxygen atoms in total. The van der Waals surface area contributed by atoms with Crippen LogP contribution in [0.3, 0.4) is 0 Å². The number of nitrogens with zero attached hydrogens (tertiary/aromatic N) is 1. The summed E-state index contributed by atoms with van der Waals surface area (Å²) >= 11 is 0. The highest BCUT2D eigenvalue weighted by Gasteiger charge is 2.15. The molecule has 0 saturated carbocycles. The maximum Gasteiger partial charge on any atom is 0.226 e. The first kappa shape index (κ1) is 15.3. The highest BCUT2D eigenvalue weighted by molar-refractivity contribution is 5.78. The number of amides is 1. The molecule has 0 aliphatic rings. The summed E-state index contributed by atoms with van der Waals surface area (Å²) in [4.78, 5) is 11.9. The zero-order valence-corrected chi connectivity index (χ0v) is 12.3. The number of aliphatic hydroxyl groups is 1. The minimum absolute atomic E-state index is 0.0886. The summed E-state index contributed by atoms with van der Waals surface area (Å²) in [6.45, 7) is 3.78. The van der Waals surface area contributed by atoms with E-state index in [1.807, 2.05) is 50.2 Å². The van der Waals surface area contributed by atoms with E-state index in [4.69, 9.17) is 0 Å². The van der Waals surface area contributed by atoms with Crippen LogP contribution >= 0.6 is 0 Å². The van der Waals surface area contributed by atoms with Crippen LogP contribution in [0, 0.1) is 6.92 Å². The molecule has 1 heterocycles. The maximum absolute atomic E-state index is 11.9. The summed E-state index contributed by atoms with van der Waals surface area (Å²) in [6.07, 6.45) is 0.153. The zero-order chi connectivity index (χ0) is 15.2. The summed E-state index contributed by atoms with van der Waals surface area (Å²) in [6, 6.07) is 11.2. The summed E-state index contributed by atoms with van der Waals surface area (Å²) < 4.78 is 0. The van der Waals surface area contributed by atoms with Gasteiger partial charge in [0.1, 0.15) is 0 Å². The molecule has 0 spiro atoms. The number of carbonyl (C=O) groups excluding carboxylic acids is 1. The van der Waals surface area contributed by atoms with Crippen molar-refractivity contribution in [2.75, 3.05) is 0 Å². The van der Waals surface area contributed by atoms with Crippen molar-refractivity contribution < 1.29 is 9.90 Å². The maximum atomic E-state index is 11.9. The van der Waals surface area contributed by atoms with Gasteiger partial charge >= 0.3 is 0 Å². The highest BCUT2D eigenvalue weighted by atomic mass is 16.3. The average Bonchev–Trinajstić information content (AvgIpc) is 2.84. The monoisotopic (exact) mass is 287 g/mol. The van der Waals surface area contributed by atoms with Gasteiger partial charge in [0.2, 0.25) is 5.91 Å². The number of aliphatic hydroxyl groups excluding tert-OH is 1. The van der Waals surface area contributed by atoms with Crippen molar-refractivity contribution in [1.82, 2.24) is 15.5 Å². The van der Waals surface area contributed by atoms with Crippen LogP contribution in [0.15, 0.2) is 36.4 Å². The van der Waals surface area contributed by atoms with Crippen LogP contribution in [0.2, 0.25) is 0 Å². The lowest BCUT2D eigenvalue weighted by Crippen LogP contribution is -2.34. The first-order valence-electron chi connectivity index (χ1n) is 7.08. The largest absolute Gasteiger partial charge is 0.388 e. The van der Waals surface area contributed by atoms with Crippen molar-refractivity contribution in [3.05, 3.63) is 53.3 Å². The Kier molecular flexibility index (Phi) is 5.11. The molecule has 2 aromatic rings. The smallest absolute Gasteiger partial charge is 0.226 e. The fourth-order valence-electron chi connectivity index (χ4n) is 2.26. The number of hydrogen-bond acceptors (Lipinski definition) is 3. The van der Waals surface area contributed by atoms with Gasteiger partial charge in [0.15, 0.2) is 0 Å². The van der Waals surface area contributed by atoms with Crippen molar-refractivity contribution in [2.45, 2.75) is 38.8 Å². The van der Waals surface area contributed by atoms with E-state index in [9.17, 15) is 9.90 Å². The molecule has 1 aromatic heterocycles. The molecule has 0 fully saturated rings. The van der Waals surface area contributed by atoms with Crippen LogP contribution in [0.25, 0.3) is 0 Å². The fraction of sp³-hybridized carbons (Fsp3) is 0.375. The topological polar surface area (TPSA) is 78.0 Å². The van der Waals surface area contributed by atoms with Gasteiger partial charge in [0, 0.05) is 11.7 Å². The van der Waals surface area contributed by atoms with Gasteiger partial charge < -0.3 is 10.4 Å². The van der Waals surface area contributed by atoms with E-state index >= 15 is 0 Å². The average molecular weight is 287 g/mol. The molecular weight excluding hydrogens is 266 g/mol. The van der Waals surface area contributed by atoms with Gasteiger partial charge in [-0.1, -0.05) is 30.3 Å². The second-order valence-corrected chi connectivity index (χ2v) is 5.35. The number of aryl methyl sites for hydroxylation is 1. The Hall–Kier alpha value is -2.14. The van der Waals surface area contributed by atoms with Gasteiger partial charge in [-0.05, 0) is 31.9 Å². The second-order valence-electron chi connectivity index (χ2n) is 5.35. The molecule has 0 aliphatic carbocycles.